The lowest BCUT2D eigenvalue weighted by atomic mass is 9.95. The molecule has 2 saturated heterocycles. The molecule has 0 saturated carbocycles. The molecule has 2 aliphatic rings. The molecule has 0 aliphatic carbocycles. The van der Waals surface area contributed by atoms with Gasteiger partial charge in [-0.2, -0.15) is 0 Å². The summed E-state index contributed by atoms with van der Waals surface area (Å²) in [6.07, 6.45) is 4.75. The van der Waals surface area contributed by atoms with Gasteiger partial charge in [-0.15, -0.1) is 0 Å². The summed E-state index contributed by atoms with van der Waals surface area (Å²) < 4.78 is 5.50. The van der Waals surface area contributed by atoms with Crippen molar-refractivity contribution in [3.63, 3.8) is 0 Å². The predicted molar refractivity (Wildman–Crippen MR) is 80.8 cm³/mol. The molecule has 0 aromatic carbocycles. The molecule has 0 aromatic rings. The topological polar surface area (TPSA) is 32.8 Å². The van der Waals surface area contributed by atoms with Crippen molar-refractivity contribution < 1.29 is 9.53 Å². The Kier molecular flexibility index (Phi) is 4.95. The first-order valence-electron chi connectivity index (χ1n) is 8.07. The Morgan fingerprint density at radius 3 is 2.35 bits per heavy atom. The number of hydrogen-bond acceptors (Lipinski definition) is 3. The van der Waals surface area contributed by atoms with E-state index in [-0.39, 0.29) is 6.09 Å². The highest BCUT2D eigenvalue weighted by Crippen LogP contribution is 2.23. The van der Waals surface area contributed by atoms with E-state index in [1.54, 1.807) is 0 Å². The summed E-state index contributed by atoms with van der Waals surface area (Å²) in [4.78, 5) is 16.7. The van der Waals surface area contributed by atoms with Crippen molar-refractivity contribution in [1.29, 1.82) is 0 Å². The van der Waals surface area contributed by atoms with Crippen molar-refractivity contribution in [1.82, 2.24) is 9.80 Å². The molecular formula is C16H30N2O2. The van der Waals surface area contributed by atoms with Gasteiger partial charge >= 0.3 is 6.09 Å². The second-order valence-corrected chi connectivity index (χ2v) is 7.44. The highest BCUT2D eigenvalue weighted by molar-refractivity contribution is 5.68. The molecule has 4 heteroatoms. The summed E-state index contributed by atoms with van der Waals surface area (Å²) >= 11 is 0. The molecule has 2 heterocycles. The zero-order chi connectivity index (χ0) is 14.8. The van der Waals surface area contributed by atoms with Crippen molar-refractivity contribution in [2.75, 3.05) is 26.2 Å². The molecule has 0 bridgehead atoms. The van der Waals surface area contributed by atoms with Crippen LogP contribution >= 0.6 is 0 Å². The van der Waals surface area contributed by atoms with E-state index >= 15 is 0 Å². The van der Waals surface area contributed by atoms with E-state index in [2.05, 4.69) is 11.8 Å². The van der Waals surface area contributed by atoms with E-state index in [9.17, 15) is 4.79 Å². The molecule has 1 unspecified atom stereocenters. The molecule has 2 aliphatic heterocycles. The van der Waals surface area contributed by atoms with Crippen LogP contribution in [0.15, 0.2) is 0 Å². The normalized spacial score (nSPS) is 26.6. The maximum Gasteiger partial charge on any atom is 0.410 e. The fraction of sp³-hybridized carbons (Fsp3) is 0.938. The molecule has 4 nitrogen and oxygen atoms in total. The summed E-state index contributed by atoms with van der Waals surface area (Å²) in [5.41, 5.74) is -0.398. The largest absolute Gasteiger partial charge is 0.444 e. The van der Waals surface area contributed by atoms with E-state index in [0.717, 1.165) is 25.4 Å². The highest BCUT2D eigenvalue weighted by atomic mass is 16.6. The lowest BCUT2D eigenvalue weighted by molar-refractivity contribution is 0.00745. The number of carbonyl (C=O) groups excluding carboxylic acids is 1. The monoisotopic (exact) mass is 282 g/mol. The van der Waals surface area contributed by atoms with Crippen molar-refractivity contribution >= 4 is 6.09 Å². The summed E-state index contributed by atoms with van der Waals surface area (Å²) in [6, 6.07) is 0.531. The van der Waals surface area contributed by atoms with Crippen molar-refractivity contribution in [3.8, 4) is 0 Å². The SMILES string of the molecule is CC1CCN(C2CCCN(C(=O)OC(C)(C)C)C2)CC1. The fourth-order valence-electron chi connectivity index (χ4n) is 3.14. The Bertz CT molecular complexity index is 330. The first kappa shape index (κ1) is 15.6. The van der Waals surface area contributed by atoms with E-state index < -0.39 is 5.60 Å². The van der Waals surface area contributed by atoms with Crippen molar-refractivity contribution in [2.45, 2.75) is 65.0 Å². The average molecular weight is 282 g/mol. The quantitative estimate of drug-likeness (QED) is 0.741. The minimum atomic E-state index is -0.398. The third kappa shape index (κ3) is 4.37. The van der Waals surface area contributed by atoms with Crippen LogP contribution in [-0.4, -0.2) is 53.7 Å². The molecular weight excluding hydrogens is 252 g/mol. The molecule has 0 spiro atoms. The van der Waals surface area contributed by atoms with Crippen LogP contribution in [0.5, 0.6) is 0 Å². The second kappa shape index (κ2) is 6.33. The van der Waals surface area contributed by atoms with Gasteiger partial charge in [0, 0.05) is 19.1 Å². The molecule has 0 N–H and O–H groups in total. The van der Waals surface area contributed by atoms with E-state index in [1.807, 2.05) is 25.7 Å². The van der Waals surface area contributed by atoms with Crippen LogP contribution in [0.3, 0.4) is 0 Å². The predicted octanol–water partition coefficient (Wildman–Crippen LogP) is 3.12. The zero-order valence-electron chi connectivity index (χ0n) is 13.5. The van der Waals surface area contributed by atoms with E-state index in [4.69, 9.17) is 4.74 Å². The number of nitrogens with zero attached hydrogens (tertiary/aromatic N) is 2. The van der Waals surface area contributed by atoms with Gasteiger partial charge in [-0.25, -0.2) is 4.79 Å². The molecule has 1 atom stereocenters. The number of piperidine rings is 2. The number of ether oxygens (including phenoxy) is 1. The van der Waals surface area contributed by atoms with Crippen LogP contribution in [0.2, 0.25) is 0 Å². The standard InChI is InChI=1S/C16H30N2O2/c1-13-7-10-17(11-8-13)14-6-5-9-18(12-14)15(19)20-16(2,3)4/h13-14H,5-12H2,1-4H3. The van der Waals surface area contributed by atoms with E-state index in [1.165, 1.54) is 32.4 Å². The highest BCUT2D eigenvalue weighted by Gasteiger charge is 2.31. The third-order valence-electron chi connectivity index (χ3n) is 4.38. The van der Waals surface area contributed by atoms with Gasteiger partial charge in [-0.1, -0.05) is 6.92 Å². The average Bonchev–Trinajstić information content (AvgIpc) is 2.38. The molecule has 0 radical (unpaired) electrons. The fourth-order valence-corrected chi connectivity index (χ4v) is 3.14. The Morgan fingerprint density at radius 1 is 1.10 bits per heavy atom. The third-order valence-corrected chi connectivity index (χ3v) is 4.38. The summed E-state index contributed by atoms with van der Waals surface area (Å²) in [5, 5.41) is 0. The first-order valence-corrected chi connectivity index (χ1v) is 8.07. The maximum atomic E-state index is 12.2. The minimum Gasteiger partial charge on any atom is -0.444 e. The molecule has 1 amide bonds. The van der Waals surface area contributed by atoms with Gasteiger partial charge in [0.1, 0.15) is 5.60 Å². The number of rotatable bonds is 1. The molecule has 20 heavy (non-hydrogen) atoms. The van der Waals surface area contributed by atoms with Crippen LogP contribution in [-0.2, 0) is 4.74 Å². The number of likely N-dealkylation sites (tertiary alicyclic amines) is 2. The Morgan fingerprint density at radius 2 is 1.75 bits per heavy atom. The summed E-state index contributed by atoms with van der Waals surface area (Å²) in [5.74, 6) is 0.858. The number of amides is 1. The van der Waals surface area contributed by atoms with E-state index in [0.29, 0.717) is 6.04 Å². The summed E-state index contributed by atoms with van der Waals surface area (Å²) in [6.45, 7) is 12.2. The van der Waals surface area contributed by atoms with Gasteiger partial charge in [0.2, 0.25) is 0 Å². The lowest BCUT2D eigenvalue weighted by Gasteiger charge is -2.42. The number of carbonyl (C=O) groups is 1. The Labute approximate surface area is 123 Å². The van der Waals surface area contributed by atoms with Crippen LogP contribution in [0, 0.1) is 5.92 Å². The van der Waals surface area contributed by atoms with Crippen molar-refractivity contribution in [3.05, 3.63) is 0 Å². The Balaban J connectivity index is 1.86. The van der Waals surface area contributed by atoms with Crippen LogP contribution in [0.25, 0.3) is 0 Å². The molecule has 116 valence electrons. The van der Waals surface area contributed by atoms with Crippen LogP contribution in [0.4, 0.5) is 4.79 Å². The smallest absolute Gasteiger partial charge is 0.410 e. The van der Waals surface area contributed by atoms with Gasteiger partial charge < -0.3 is 9.64 Å². The summed E-state index contributed by atoms with van der Waals surface area (Å²) in [7, 11) is 0. The molecule has 2 rings (SSSR count). The Hall–Kier alpha value is -0.770. The van der Waals surface area contributed by atoms with Gasteiger partial charge in [0.05, 0.1) is 0 Å². The first-order chi connectivity index (χ1) is 9.35. The maximum absolute atomic E-state index is 12.2. The van der Waals surface area contributed by atoms with Gasteiger partial charge in [0.15, 0.2) is 0 Å². The minimum absolute atomic E-state index is 0.146. The van der Waals surface area contributed by atoms with Gasteiger partial charge in [-0.05, 0) is 65.5 Å². The van der Waals surface area contributed by atoms with Crippen molar-refractivity contribution in [2.24, 2.45) is 5.92 Å². The van der Waals surface area contributed by atoms with Gasteiger partial charge in [-0.3, -0.25) is 4.90 Å². The van der Waals surface area contributed by atoms with Crippen LogP contribution < -0.4 is 0 Å². The molecule has 2 fully saturated rings. The lowest BCUT2D eigenvalue weighted by Crippen LogP contribution is -2.52. The second-order valence-electron chi connectivity index (χ2n) is 7.44. The number of hydrogen-bond donors (Lipinski definition) is 0. The van der Waals surface area contributed by atoms with Gasteiger partial charge in [0.25, 0.3) is 0 Å². The molecule has 0 aromatic heterocycles. The van der Waals surface area contributed by atoms with Crippen LogP contribution in [0.1, 0.15) is 53.4 Å². The zero-order valence-corrected chi connectivity index (χ0v) is 13.5.